The van der Waals surface area contributed by atoms with Gasteiger partial charge in [-0.25, -0.2) is 4.79 Å². The van der Waals surface area contributed by atoms with E-state index in [-0.39, 0.29) is 25.9 Å². The van der Waals surface area contributed by atoms with Crippen LogP contribution in [0, 0.1) is 0 Å². The molecule has 12 nitrogen and oxygen atoms in total. The molecule has 1 fully saturated rings. The van der Waals surface area contributed by atoms with Gasteiger partial charge in [-0.3, -0.25) is 14.4 Å². The van der Waals surface area contributed by atoms with Crippen LogP contribution in [0.2, 0.25) is 0 Å². The first-order valence-corrected chi connectivity index (χ1v) is 28.7. The molecular weight excluding hydrogens is 877 g/mol. The van der Waals surface area contributed by atoms with E-state index in [2.05, 4.69) is 32.9 Å². The number of rotatable bonds is 49. The van der Waals surface area contributed by atoms with Crippen molar-refractivity contribution >= 4 is 23.9 Å². The van der Waals surface area contributed by atoms with Gasteiger partial charge in [-0.05, 0) is 44.9 Å². The molecule has 0 aromatic heterocycles. The van der Waals surface area contributed by atoms with Crippen molar-refractivity contribution in [1.82, 2.24) is 0 Å². The van der Waals surface area contributed by atoms with Crippen LogP contribution in [-0.2, 0) is 42.9 Å². The molecule has 1 rings (SSSR count). The Kier molecular flexibility index (Phi) is 43.5. The number of hydrogen-bond donors (Lipinski definition) is 3. The second-order valence-corrected chi connectivity index (χ2v) is 19.9. The molecular formula is C57H104O12. The largest absolute Gasteiger partial charge is 0.479 e. The van der Waals surface area contributed by atoms with Crippen molar-refractivity contribution in [3.05, 3.63) is 12.2 Å². The summed E-state index contributed by atoms with van der Waals surface area (Å²) in [5.74, 6) is -3.10. The number of aliphatic hydroxyl groups is 2. The van der Waals surface area contributed by atoms with Crippen molar-refractivity contribution in [2.75, 3.05) is 13.2 Å². The van der Waals surface area contributed by atoms with Crippen LogP contribution in [-0.4, -0.2) is 89.2 Å². The number of carbonyl (C=O) groups is 4. The fourth-order valence-electron chi connectivity index (χ4n) is 8.89. The number of allylic oxidation sites excluding steroid dienone is 2. The zero-order valence-electron chi connectivity index (χ0n) is 44.3. The number of esters is 3. The van der Waals surface area contributed by atoms with Crippen molar-refractivity contribution < 1.29 is 58.2 Å². The Morgan fingerprint density at radius 2 is 0.826 bits per heavy atom. The van der Waals surface area contributed by atoms with Gasteiger partial charge < -0.3 is 39.0 Å². The van der Waals surface area contributed by atoms with E-state index < -0.39 is 67.3 Å². The minimum Gasteiger partial charge on any atom is -0.479 e. The van der Waals surface area contributed by atoms with Gasteiger partial charge in [0.2, 0.25) is 0 Å². The first-order chi connectivity index (χ1) is 33.6. The molecule has 0 aromatic rings. The van der Waals surface area contributed by atoms with Crippen molar-refractivity contribution in [2.45, 2.75) is 314 Å². The second-order valence-electron chi connectivity index (χ2n) is 19.9. The molecule has 3 N–H and O–H groups in total. The summed E-state index contributed by atoms with van der Waals surface area (Å²) in [5.41, 5.74) is 0. The van der Waals surface area contributed by atoms with Crippen LogP contribution in [0.5, 0.6) is 0 Å². The number of aliphatic carboxylic acids is 1. The molecule has 1 heterocycles. The molecule has 1 saturated heterocycles. The SMILES string of the molecule is CCCCCC/C=C\CCCCCCCC(=O)OC(COC(=O)CCCCCCCCCCCCCCCCCCC)COC1OC(C(=O)O)C(O)C(O)C1OC(=O)CCCCCCCCCCC. The summed E-state index contributed by atoms with van der Waals surface area (Å²) < 4.78 is 28.3. The average Bonchev–Trinajstić information content (AvgIpc) is 3.33. The molecule has 0 amide bonds. The molecule has 0 bridgehead atoms. The van der Waals surface area contributed by atoms with E-state index in [1.165, 1.54) is 135 Å². The van der Waals surface area contributed by atoms with Gasteiger partial charge >= 0.3 is 23.9 Å². The maximum atomic E-state index is 13.1. The van der Waals surface area contributed by atoms with Crippen molar-refractivity contribution in [1.29, 1.82) is 0 Å². The fraction of sp³-hybridized carbons (Fsp3) is 0.895. The minimum atomic E-state index is -1.89. The van der Waals surface area contributed by atoms with Gasteiger partial charge in [-0.2, -0.15) is 0 Å². The number of carbonyl (C=O) groups excluding carboxylic acids is 3. The Morgan fingerprint density at radius 1 is 0.464 bits per heavy atom. The lowest BCUT2D eigenvalue weighted by molar-refractivity contribution is -0.301. The molecule has 0 aromatic carbocycles. The maximum Gasteiger partial charge on any atom is 0.335 e. The van der Waals surface area contributed by atoms with E-state index >= 15 is 0 Å². The van der Waals surface area contributed by atoms with Gasteiger partial charge in [0.15, 0.2) is 24.6 Å². The third-order valence-corrected chi connectivity index (χ3v) is 13.3. The molecule has 6 unspecified atom stereocenters. The molecule has 1 aliphatic heterocycles. The van der Waals surface area contributed by atoms with Crippen molar-refractivity contribution in [3.63, 3.8) is 0 Å². The number of ether oxygens (including phenoxy) is 5. The minimum absolute atomic E-state index is 0.0656. The number of unbranched alkanes of at least 4 members (excludes halogenated alkanes) is 33. The highest BCUT2D eigenvalue weighted by Crippen LogP contribution is 2.26. The Morgan fingerprint density at radius 3 is 1.25 bits per heavy atom. The number of carboxylic acids is 1. The number of hydrogen-bond acceptors (Lipinski definition) is 11. The monoisotopic (exact) mass is 981 g/mol. The van der Waals surface area contributed by atoms with E-state index in [0.717, 1.165) is 83.5 Å². The Balaban J connectivity index is 2.66. The number of aliphatic hydroxyl groups excluding tert-OH is 2. The first-order valence-electron chi connectivity index (χ1n) is 28.7. The maximum absolute atomic E-state index is 13.1. The predicted molar refractivity (Wildman–Crippen MR) is 276 cm³/mol. The highest BCUT2D eigenvalue weighted by atomic mass is 16.7. The normalized spacial score (nSPS) is 18.7. The summed E-state index contributed by atoms with van der Waals surface area (Å²) in [6, 6.07) is 0. The lowest BCUT2D eigenvalue weighted by Crippen LogP contribution is -2.61. The van der Waals surface area contributed by atoms with Crippen LogP contribution in [0.15, 0.2) is 12.2 Å². The van der Waals surface area contributed by atoms with E-state index in [0.29, 0.717) is 19.3 Å². The highest BCUT2D eigenvalue weighted by Gasteiger charge is 2.50. The topological polar surface area (TPSA) is 175 Å². The third kappa shape index (κ3) is 37.0. The summed E-state index contributed by atoms with van der Waals surface area (Å²) in [5, 5.41) is 31.3. The lowest BCUT2D eigenvalue weighted by atomic mass is 9.98. The first kappa shape index (κ1) is 64.5. The Hall–Kier alpha value is -2.54. The van der Waals surface area contributed by atoms with Gasteiger partial charge in [0.25, 0.3) is 0 Å². The highest BCUT2D eigenvalue weighted by molar-refractivity contribution is 5.74. The van der Waals surface area contributed by atoms with Crippen LogP contribution in [0.4, 0.5) is 0 Å². The standard InChI is InChI=1S/C57H104O12/c1-4-7-10-13-16-19-21-23-24-25-26-28-29-32-34-37-40-43-49(58)65-46-48(67-50(59)44-41-38-36-33-30-27-22-20-17-14-11-8-5-2)47-66-57-55(53(62)52(61)54(69-57)56(63)64)68-51(60)45-42-39-35-31-18-15-12-9-6-3/h20,22,48,52-55,57,61-62H,4-19,21,23-47H2,1-3H3,(H,63,64)/b22-20-. The Labute approximate surface area is 420 Å². The smallest absolute Gasteiger partial charge is 0.335 e. The molecule has 1 aliphatic rings. The van der Waals surface area contributed by atoms with Gasteiger partial charge in [0, 0.05) is 19.3 Å². The van der Waals surface area contributed by atoms with E-state index in [1.807, 2.05) is 0 Å². The van der Waals surface area contributed by atoms with E-state index in [9.17, 15) is 34.5 Å². The van der Waals surface area contributed by atoms with Gasteiger partial charge in [-0.15, -0.1) is 0 Å². The molecule has 0 aliphatic carbocycles. The van der Waals surface area contributed by atoms with Gasteiger partial charge in [0.05, 0.1) is 6.61 Å². The number of carboxylic acid groups (broad SMARTS) is 1. The van der Waals surface area contributed by atoms with Crippen LogP contribution < -0.4 is 0 Å². The Bertz CT molecular complexity index is 1260. The van der Waals surface area contributed by atoms with Crippen LogP contribution >= 0.6 is 0 Å². The van der Waals surface area contributed by atoms with Gasteiger partial charge in [0.1, 0.15) is 18.8 Å². The predicted octanol–water partition coefficient (Wildman–Crippen LogP) is 14.1. The summed E-state index contributed by atoms with van der Waals surface area (Å²) in [7, 11) is 0. The average molecular weight is 981 g/mol. The summed E-state index contributed by atoms with van der Waals surface area (Å²) in [6.45, 7) is 5.96. The molecule has 0 spiro atoms. The third-order valence-electron chi connectivity index (χ3n) is 13.3. The van der Waals surface area contributed by atoms with Crippen LogP contribution in [0.1, 0.15) is 278 Å². The van der Waals surface area contributed by atoms with Crippen molar-refractivity contribution in [3.8, 4) is 0 Å². The summed E-state index contributed by atoms with van der Waals surface area (Å²) in [4.78, 5) is 50.9. The van der Waals surface area contributed by atoms with E-state index in [1.54, 1.807) is 0 Å². The summed E-state index contributed by atoms with van der Waals surface area (Å²) >= 11 is 0. The van der Waals surface area contributed by atoms with Crippen LogP contribution in [0.3, 0.4) is 0 Å². The zero-order valence-corrected chi connectivity index (χ0v) is 44.3. The fourth-order valence-corrected chi connectivity index (χ4v) is 8.89. The zero-order chi connectivity index (χ0) is 50.4. The lowest BCUT2D eigenvalue weighted by Gasteiger charge is -2.40. The van der Waals surface area contributed by atoms with E-state index in [4.69, 9.17) is 23.7 Å². The molecule has 6 atom stereocenters. The van der Waals surface area contributed by atoms with Crippen LogP contribution in [0.25, 0.3) is 0 Å². The molecule has 12 heteroatoms. The molecule has 404 valence electrons. The molecule has 0 saturated carbocycles. The summed E-state index contributed by atoms with van der Waals surface area (Å²) in [6.07, 6.45) is 37.8. The quantitative estimate of drug-likeness (QED) is 0.0228. The second kappa shape index (κ2) is 46.5. The molecule has 69 heavy (non-hydrogen) atoms. The van der Waals surface area contributed by atoms with Gasteiger partial charge in [-0.1, -0.05) is 226 Å². The molecule has 0 radical (unpaired) electrons. The van der Waals surface area contributed by atoms with Crippen molar-refractivity contribution in [2.24, 2.45) is 0 Å².